The van der Waals surface area contributed by atoms with Gasteiger partial charge in [-0.1, -0.05) is 6.07 Å². The zero-order chi connectivity index (χ0) is 19.9. The molecule has 1 aromatic heterocycles. The maximum absolute atomic E-state index is 5.57. The molecule has 0 amide bonds. The van der Waals surface area contributed by atoms with Gasteiger partial charge >= 0.3 is 0 Å². The standard InChI is InChI=1S/C22H27N3O3/c1-5-27-18-10-8-17(9-11-18)19-15-24-22(25(19)3)23-14-16-7-12-20(28-6-2)21(13-16)26-4/h7-13,15H,5-6,14H2,1-4H3,(H,23,24). The van der Waals surface area contributed by atoms with Crippen LogP contribution in [0.3, 0.4) is 0 Å². The van der Waals surface area contributed by atoms with E-state index >= 15 is 0 Å². The van der Waals surface area contributed by atoms with Crippen LogP contribution >= 0.6 is 0 Å². The molecule has 0 spiro atoms. The molecule has 6 nitrogen and oxygen atoms in total. The van der Waals surface area contributed by atoms with Crippen LogP contribution in [0.5, 0.6) is 17.2 Å². The Bertz CT molecular complexity index is 904. The maximum Gasteiger partial charge on any atom is 0.203 e. The number of anilines is 1. The molecule has 3 rings (SSSR count). The van der Waals surface area contributed by atoms with E-state index in [9.17, 15) is 0 Å². The molecule has 3 aromatic rings. The van der Waals surface area contributed by atoms with Crippen molar-refractivity contribution in [3.63, 3.8) is 0 Å². The predicted octanol–water partition coefficient (Wildman–Crippen LogP) is 4.51. The van der Waals surface area contributed by atoms with Gasteiger partial charge in [-0.2, -0.15) is 0 Å². The number of hydrogen-bond acceptors (Lipinski definition) is 5. The lowest BCUT2D eigenvalue weighted by Crippen LogP contribution is -2.06. The number of imidazole rings is 1. The van der Waals surface area contributed by atoms with Crippen molar-refractivity contribution in [2.45, 2.75) is 20.4 Å². The summed E-state index contributed by atoms with van der Waals surface area (Å²) in [5, 5.41) is 3.38. The van der Waals surface area contributed by atoms with Gasteiger partial charge in [0.05, 0.1) is 32.2 Å². The van der Waals surface area contributed by atoms with Gasteiger partial charge in [0.2, 0.25) is 5.95 Å². The van der Waals surface area contributed by atoms with E-state index in [2.05, 4.69) is 10.3 Å². The van der Waals surface area contributed by atoms with Crippen LogP contribution in [0.2, 0.25) is 0 Å². The topological polar surface area (TPSA) is 57.5 Å². The molecule has 1 N–H and O–H groups in total. The number of nitrogens with zero attached hydrogens (tertiary/aromatic N) is 2. The molecule has 28 heavy (non-hydrogen) atoms. The van der Waals surface area contributed by atoms with Gasteiger partial charge in [-0.05, 0) is 55.8 Å². The molecule has 0 bridgehead atoms. The van der Waals surface area contributed by atoms with Crippen LogP contribution in [-0.2, 0) is 13.6 Å². The molecular weight excluding hydrogens is 354 g/mol. The van der Waals surface area contributed by atoms with Crippen molar-refractivity contribution in [2.75, 3.05) is 25.6 Å². The van der Waals surface area contributed by atoms with Crippen molar-refractivity contribution in [1.29, 1.82) is 0 Å². The van der Waals surface area contributed by atoms with Crippen molar-refractivity contribution >= 4 is 5.95 Å². The quantitative estimate of drug-likeness (QED) is 0.591. The molecule has 0 saturated heterocycles. The summed E-state index contributed by atoms with van der Waals surface area (Å²) < 4.78 is 18.5. The molecule has 0 fully saturated rings. The van der Waals surface area contributed by atoms with Crippen molar-refractivity contribution in [1.82, 2.24) is 9.55 Å². The maximum atomic E-state index is 5.57. The molecule has 148 valence electrons. The molecule has 0 radical (unpaired) electrons. The summed E-state index contributed by atoms with van der Waals surface area (Å²) in [4.78, 5) is 4.52. The molecule has 0 aliphatic rings. The minimum absolute atomic E-state index is 0.607. The fraction of sp³-hybridized carbons (Fsp3) is 0.318. The molecule has 0 unspecified atom stereocenters. The van der Waals surface area contributed by atoms with Gasteiger partial charge in [-0.3, -0.25) is 0 Å². The lowest BCUT2D eigenvalue weighted by molar-refractivity contribution is 0.310. The minimum Gasteiger partial charge on any atom is -0.494 e. The highest BCUT2D eigenvalue weighted by atomic mass is 16.5. The van der Waals surface area contributed by atoms with Gasteiger partial charge in [0.25, 0.3) is 0 Å². The lowest BCUT2D eigenvalue weighted by Gasteiger charge is -2.12. The molecule has 1 heterocycles. The second kappa shape index (κ2) is 9.17. The first-order valence-electron chi connectivity index (χ1n) is 9.44. The van der Waals surface area contributed by atoms with Crippen LogP contribution < -0.4 is 19.5 Å². The largest absolute Gasteiger partial charge is 0.494 e. The Morgan fingerprint density at radius 3 is 2.39 bits per heavy atom. The van der Waals surface area contributed by atoms with E-state index in [0.29, 0.717) is 19.8 Å². The van der Waals surface area contributed by atoms with Gasteiger partial charge in [0.15, 0.2) is 11.5 Å². The number of hydrogen-bond donors (Lipinski definition) is 1. The van der Waals surface area contributed by atoms with E-state index in [0.717, 1.165) is 40.0 Å². The SMILES string of the molecule is CCOc1ccc(-c2cnc(NCc3ccc(OCC)c(OC)c3)n2C)cc1. The number of ether oxygens (including phenoxy) is 3. The first kappa shape index (κ1) is 19.6. The second-order valence-corrected chi connectivity index (χ2v) is 6.26. The molecule has 0 aliphatic heterocycles. The number of aromatic nitrogens is 2. The Balaban J connectivity index is 1.71. The minimum atomic E-state index is 0.607. The third-order valence-electron chi connectivity index (χ3n) is 4.43. The molecule has 0 atom stereocenters. The molecule has 0 saturated carbocycles. The van der Waals surface area contributed by atoms with Crippen LogP contribution in [0.25, 0.3) is 11.3 Å². The average Bonchev–Trinajstić information content (AvgIpc) is 3.08. The number of methoxy groups -OCH3 is 1. The van der Waals surface area contributed by atoms with Crippen LogP contribution in [0, 0.1) is 0 Å². The average molecular weight is 381 g/mol. The molecule has 2 aromatic carbocycles. The Morgan fingerprint density at radius 1 is 0.964 bits per heavy atom. The Labute approximate surface area is 166 Å². The summed E-state index contributed by atoms with van der Waals surface area (Å²) in [6, 6.07) is 14.0. The number of benzene rings is 2. The third-order valence-corrected chi connectivity index (χ3v) is 4.43. The molecular formula is C22H27N3O3. The Hall–Kier alpha value is -3.15. The third kappa shape index (κ3) is 4.39. The van der Waals surface area contributed by atoms with Gasteiger partial charge in [0.1, 0.15) is 5.75 Å². The summed E-state index contributed by atoms with van der Waals surface area (Å²) in [7, 11) is 3.65. The normalized spacial score (nSPS) is 10.6. The van der Waals surface area contributed by atoms with Crippen molar-refractivity contribution in [2.24, 2.45) is 7.05 Å². The van der Waals surface area contributed by atoms with E-state index in [4.69, 9.17) is 14.2 Å². The monoisotopic (exact) mass is 381 g/mol. The van der Waals surface area contributed by atoms with Crippen LogP contribution in [0.1, 0.15) is 19.4 Å². The van der Waals surface area contributed by atoms with Gasteiger partial charge in [-0.25, -0.2) is 4.98 Å². The highest BCUT2D eigenvalue weighted by Crippen LogP contribution is 2.29. The summed E-state index contributed by atoms with van der Waals surface area (Å²) >= 11 is 0. The highest BCUT2D eigenvalue weighted by Gasteiger charge is 2.10. The molecule has 0 aliphatic carbocycles. The van der Waals surface area contributed by atoms with Crippen molar-refractivity contribution in [3.8, 4) is 28.5 Å². The van der Waals surface area contributed by atoms with E-state index in [1.807, 2.05) is 74.1 Å². The smallest absolute Gasteiger partial charge is 0.203 e. The van der Waals surface area contributed by atoms with Crippen molar-refractivity contribution in [3.05, 3.63) is 54.2 Å². The van der Waals surface area contributed by atoms with Crippen LogP contribution in [0.4, 0.5) is 5.95 Å². The first-order valence-corrected chi connectivity index (χ1v) is 9.44. The fourth-order valence-electron chi connectivity index (χ4n) is 3.01. The van der Waals surface area contributed by atoms with E-state index in [1.54, 1.807) is 7.11 Å². The number of nitrogens with one attached hydrogen (secondary N) is 1. The van der Waals surface area contributed by atoms with Gasteiger partial charge in [0, 0.05) is 19.2 Å². The number of rotatable bonds is 9. The fourth-order valence-corrected chi connectivity index (χ4v) is 3.01. The first-order chi connectivity index (χ1) is 13.7. The van der Waals surface area contributed by atoms with E-state index in [1.165, 1.54) is 0 Å². The summed E-state index contributed by atoms with van der Waals surface area (Å²) in [6.07, 6.45) is 1.87. The Morgan fingerprint density at radius 2 is 1.71 bits per heavy atom. The highest BCUT2D eigenvalue weighted by molar-refractivity contribution is 5.62. The summed E-state index contributed by atoms with van der Waals surface area (Å²) in [5.74, 6) is 3.16. The van der Waals surface area contributed by atoms with Gasteiger partial charge in [-0.15, -0.1) is 0 Å². The van der Waals surface area contributed by atoms with E-state index in [-0.39, 0.29) is 0 Å². The summed E-state index contributed by atoms with van der Waals surface area (Å²) in [5.41, 5.74) is 3.22. The van der Waals surface area contributed by atoms with Crippen LogP contribution in [-0.4, -0.2) is 29.9 Å². The van der Waals surface area contributed by atoms with E-state index < -0.39 is 0 Å². The molecule has 6 heteroatoms. The second-order valence-electron chi connectivity index (χ2n) is 6.26. The predicted molar refractivity (Wildman–Crippen MR) is 111 cm³/mol. The van der Waals surface area contributed by atoms with Crippen LogP contribution in [0.15, 0.2) is 48.7 Å². The summed E-state index contributed by atoms with van der Waals surface area (Å²) in [6.45, 7) is 5.84. The lowest BCUT2D eigenvalue weighted by atomic mass is 10.1. The van der Waals surface area contributed by atoms with Crippen molar-refractivity contribution < 1.29 is 14.2 Å². The zero-order valence-electron chi connectivity index (χ0n) is 16.9. The zero-order valence-corrected chi connectivity index (χ0v) is 16.9. The Kier molecular flexibility index (Phi) is 6.42. The van der Waals surface area contributed by atoms with Gasteiger partial charge < -0.3 is 24.1 Å².